The molecule has 1 saturated heterocycles. The van der Waals surface area contributed by atoms with Gasteiger partial charge in [0.1, 0.15) is 5.75 Å². The zero-order valence-corrected chi connectivity index (χ0v) is 13.3. The summed E-state index contributed by atoms with van der Waals surface area (Å²) in [5.41, 5.74) is 2.60. The van der Waals surface area contributed by atoms with Crippen LogP contribution in [0.4, 0.5) is 0 Å². The molecule has 0 amide bonds. The molecule has 0 saturated carbocycles. The van der Waals surface area contributed by atoms with Crippen molar-refractivity contribution >= 4 is 0 Å². The Morgan fingerprint density at radius 1 is 1.40 bits per heavy atom. The lowest BCUT2D eigenvalue weighted by Crippen LogP contribution is -2.50. The summed E-state index contributed by atoms with van der Waals surface area (Å²) in [4.78, 5) is 2.54. The molecular weight excluding hydrogens is 248 g/mol. The summed E-state index contributed by atoms with van der Waals surface area (Å²) >= 11 is 0. The Kier molecular flexibility index (Phi) is 5.44. The first-order valence-corrected chi connectivity index (χ1v) is 7.67. The molecule has 0 aliphatic carbocycles. The molecule has 1 heterocycles. The van der Waals surface area contributed by atoms with E-state index in [0.717, 1.165) is 37.8 Å². The summed E-state index contributed by atoms with van der Waals surface area (Å²) < 4.78 is 5.49. The van der Waals surface area contributed by atoms with Gasteiger partial charge in [0.15, 0.2) is 0 Å². The van der Waals surface area contributed by atoms with Crippen molar-refractivity contribution in [1.29, 1.82) is 0 Å². The smallest absolute Gasteiger partial charge is 0.123 e. The fraction of sp³-hybridized carbons (Fsp3) is 0.647. The quantitative estimate of drug-likeness (QED) is 0.895. The van der Waals surface area contributed by atoms with E-state index in [0.29, 0.717) is 6.04 Å². The number of piperazine rings is 1. The van der Waals surface area contributed by atoms with E-state index < -0.39 is 0 Å². The van der Waals surface area contributed by atoms with E-state index in [1.165, 1.54) is 17.5 Å². The van der Waals surface area contributed by atoms with E-state index in [1.54, 1.807) is 7.11 Å². The molecule has 2 rings (SSSR count). The van der Waals surface area contributed by atoms with Gasteiger partial charge >= 0.3 is 0 Å². The number of rotatable bonds is 5. The van der Waals surface area contributed by atoms with Gasteiger partial charge in [0.25, 0.3) is 0 Å². The topological polar surface area (TPSA) is 24.5 Å². The standard InChI is InChI=1S/C17H28N2O/c1-13(2)9-16-12-19(8-7-18-16)11-15-10-14(3)5-6-17(15)20-4/h5-6,10,13,16,18H,7-9,11-12H2,1-4H3. The van der Waals surface area contributed by atoms with Gasteiger partial charge in [0, 0.05) is 37.8 Å². The molecule has 1 fully saturated rings. The van der Waals surface area contributed by atoms with E-state index >= 15 is 0 Å². The predicted octanol–water partition coefficient (Wildman–Crippen LogP) is 2.82. The lowest BCUT2D eigenvalue weighted by atomic mass is 10.0. The van der Waals surface area contributed by atoms with E-state index in [2.05, 4.69) is 49.2 Å². The van der Waals surface area contributed by atoms with Crippen LogP contribution in [0.3, 0.4) is 0 Å². The molecule has 0 aromatic heterocycles. The highest BCUT2D eigenvalue weighted by Gasteiger charge is 2.20. The molecule has 1 aromatic carbocycles. The van der Waals surface area contributed by atoms with Crippen LogP contribution < -0.4 is 10.1 Å². The molecule has 1 atom stereocenters. The van der Waals surface area contributed by atoms with E-state index in [9.17, 15) is 0 Å². The van der Waals surface area contributed by atoms with Crippen molar-refractivity contribution in [2.45, 2.75) is 39.8 Å². The van der Waals surface area contributed by atoms with Gasteiger partial charge in [-0.15, -0.1) is 0 Å². The third-order valence-electron chi connectivity index (χ3n) is 3.93. The Morgan fingerprint density at radius 2 is 2.20 bits per heavy atom. The van der Waals surface area contributed by atoms with Crippen molar-refractivity contribution in [1.82, 2.24) is 10.2 Å². The average molecular weight is 276 g/mol. The molecule has 0 bridgehead atoms. The minimum absolute atomic E-state index is 0.625. The molecule has 1 unspecified atom stereocenters. The second-order valence-corrected chi connectivity index (χ2v) is 6.33. The number of nitrogens with one attached hydrogen (secondary N) is 1. The second kappa shape index (κ2) is 7.09. The van der Waals surface area contributed by atoms with Gasteiger partial charge in [0.2, 0.25) is 0 Å². The minimum Gasteiger partial charge on any atom is -0.496 e. The third kappa shape index (κ3) is 4.22. The summed E-state index contributed by atoms with van der Waals surface area (Å²) in [6, 6.07) is 7.07. The van der Waals surface area contributed by atoms with E-state index in [-0.39, 0.29) is 0 Å². The second-order valence-electron chi connectivity index (χ2n) is 6.33. The molecule has 1 aliphatic rings. The zero-order chi connectivity index (χ0) is 14.5. The lowest BCUT2D eigenvalue weighted by molar-refractivity contribution is 0.178. The molecule has 20 heavy (non-hydrogen) atoms. The van der Waals surface area contributed by atoms with Crippen molar-refractivity contribution in [2.24, 2.45) is 5.92 Å². The van der Waals surface area contributed by atoms with Crippen LogP contribution in [-0.4, -0.2) is 37.7 Å². The minimum atomic E-state index is 0.625. The Hall–Kier alpha value is -1.06. The fourth-order valence-corrected chi connectivity index (χ4v) is 3.04. The monoisotopic (exact) mass is 276 g/mol. The number of hydrogen-bond donors (Lipinski definition) is 1. The van der Waals surface area contributed by atoms with E-state index in [4.69, 9.17) is 4.74 Å². The van der Waals surface area contributed by atoms with Crippen LogP contribution in [0.15, 0.2) is 18.2 Å². The maximum Gasteiger partial charge on any atom is 0.123 e. The molecule has 0 radical (unpaired) electrons. The van der Waals surface area contributed by atoms with Crippen molar-refractivity contribution in [2.75, 3.05) is 26.7 Å². The fourth-order valence-electron chi connectivity index (χ4n) is 3.04. The molecule has 0 spiro atoms. The van der Waals surface area contributed by atoms with Gasteiger partial charge in [-0.1, -0.05) is 31.5 Å². The van der Waals surface area contributed by atoms with Gasteiger partial charge in [0.05, 0.1) is 7.11 Å². The molecule has 1 aromatic rings. The average Bonchev–Trinajstić information content (AvgIpc) is 2.38. The largest absolute Gasteiger partial charge is 0.496 e. The van der Waals surface area contributed by atoms with Crippen molar-refractivity contribution in [3.05, 3.63) is 29.3 Å². The highest BCUT2D eigenvalue weighted by Crippen LogP contribution is 2.22. The van der Waals surface area contributed by atoms with Crippen LogP contribution in [0.5, 0.6) is 5.75 Å². The maximum atomic E-state index is 5.49. The van der Waals surface area contributed by atoms with Crippen molar-refractivity contribution in [3.63, 3.8) is 0 Å². The molecule has 3 heteroatoms. The summed E-state index contributed by atoms with van der Waals surface area (Å²) in [6.07, 6.45) is 1.25. The summed E-state index contributed by atoms with van der Waals surface area (Å²) in [6.45, 7) is 11.1. The molecular formula is C17H28N2O. The van der Waals surface area contributed by atoms with E-state index in [1.807, 2.05) is 0 Å². The zero-order valence-electron chi connectivity index (χ0n) is 13.3. The van der Waals surface area contributed by atoms with Gasteiger partial charge in [-0.2, -0.15) is 0 Å². The Balaban J connectivity index is 2.00. The first-order chi connectivity index (χ1) is 9.58. The van der Waals surface area contributed by atoms with Gasteiger partial charge in [-0.05, 0) is 25.3 Å². The maximum absolute atomic E-state index is 5.49. The van der Waals surface area contributed by atoms with Crippen LogP contribution >= 0.6 is 0 Å². The van der Waals surface area contributed by atoms with Crippen molar-refractivity contribution < 1.29 is 4.74 Å². The Bertz CT molecular complexity index is 431. The van der Waals surface area contributed by atoms with Crippen LogP contribution in [0, 0.1) is 12.8 Å². The third-order valence-corrected chi connectivity index (χ3v) is 3.93. The number of nitrogens with zero attached hydrogens (tertiary/aromatic N) is 1. The Morgan fingerprint density at radius 3 is 2.90 bits per heavy atom. The molecule has 1 N–H and O–H groups in total. The van der Waals surface area contributed by atoms with Crippen molar-refractivity contribution in [3.8, 4) is 5.75 Å². The van der Waals surface area contributed by atoms with Crippen LogP contribution in [-0.2, 0) is 6.54 Å². The number of methoxy groups -OCH3 is 1. The number of aryl methyl sites for hydroxylation is 1. The van der Waals surface area contributed by atoms with Crippen LogP contribution in [0.1, 0.15) is 31.4 Å². The van der Waals surface area contributed by atoms with Crippen LogP contribution in [0.25, 0.3) is 0 Å². The number of ether oxygens (including phenoxy) is 1. The summed E-state index contributed by atoms with van der Waals surface area (Å²) in [5, 5.41) is 3.63. The number of benzene rings is 1. The summed E-state index contributed by atoms with van der Waals surface area (Å²) in [5.74, 6) is 1.76. The summed E-state index contributed by atoms with van der Waals surface area (Å²) in [7, 11) is 1.76. The molecule has 3 nitrogen and oxygen atoms in total. The van der Waals surface area contributed by atoms with Crippen LogP contribution in [0.2, 0.25) is 0 Å². The molecule has 1 aliphatic heterocycles. The highest BCUT2D eigenvalue weighted by molar-refractivity contribution is 5.36. The molecule has 112 valence electrons. The number of hydrogen-bond acceptors (Lipinski definition) is 3. The normalized spacial score (nSPS) is 20.4. The van der Waals surface area contributed by atoms with Gasteiger partial charge < -0.3 is 10.1 Å². The van der Waals surface area contributed by atoms with Gasteiger partial charge in [-0.3, -0.25) is 4.90 Å². The first-order valence-electron chi connectivity index (χ1n) is 7.67. The van der Waals surface area contributed by atoms with Gasteiger partial charge in [-0.25, -0.2) is 0 Å². The lowest BCUT2D eigenvalue weighted by Gasteiger charge is -2.34. The Labute approximate surface area is 123 Å². The first kappa shape index (κ1) is 15.3. The predicted molar refractivity (Wildman–Crippen MR) is 84.3 cm³/mol. The SMILES string of the molecule is COc1ccc(C)cc1CN1CCNC(CC(C)C)C1. The highest BCUT2D eigenvalue weighted by atomic mass is 16.5.